The molecule has 0 aliphatic rings. The Labute approximate surface area is 133 Å². The summed E-state index contributed by atoms with van der Waals surface area (Å²) in [6.45, 7) is 10.5. The van der Waals surface area contributed by atoms with Crippen LogP contribution in [0.3, 0.4) is 0 Å². The molecular weight excluding hydrogens is 272 g/mol. The van der Waals surface area contributed by atoms with Gasteiger partial charge in [0.25, 0.3) is 0 Å². The smallest absolute Gasteiger partial charge is 0.227 e. The quantitative estimate of drug-likeness (QED) is 0.819. The maximum Gasteiger partial charge on any atom is 0.227 e. The first-order valence-corrected chi connectivity index (χ1v) is 8.07. The van der Waals surface area contributed by atoms with Gasteiger partial charge in [-0.25, -0.2) is 4.98 Å². The van der Waals surface area contributed by atoms with Crippen LogP contribution in [-0.2, 0) is 0 Å². The van der Waals surface area contributed by atoms with Crippen molar-refractivity contribution >= 4 is 17.5 Å². The van der Waals surface area contributed by atoms with Crippen molar-refractivity contribution in [1.82, 2.24) is 9.97 Å². The Balaban J connectivity index is 2.27. The van der Waals surface area contributed by atoms with Crippen molar-refractivity contribution in [2.75, 3.05) is 23.3 Å². The van der Waals surface area contributed by atoms with Gasteiger partial charge in [0.15, 0.2) is 0 Å². The number of para-hydroxylation sites is 1. The first-order chi connectivity index (χ1) is 10.6. The summed E-state index contributed by atoms with van der Waals surface area (Å²) in [5.74, 6) is 1.67. The van der Waals surface area contributed by atoms with E-state index in [2.05, 4.69) is 48.1 Å². The number of nitrogens with one attached hydrogen (secondary N) is 1. The molecule has 118 valence electrons. The molecule has 0 saturated heterocycles. The predicted octanol–water partition coefficient (Wildman–Crippen LogP) is 4.46. The topological polar surface area (TPSA) is 41.1 Å². The molecule has 1 heterocycles. The second-order valence-electron chi connectivity index (χ2n) is 5.62. The molecule has 0 radical (unpaired) electrons. The van der Waals surface area contributed by atoms with Crippen molar-refractivity contribution in [3.05, 3.63) is 41.6 Å². The number of hydrogen-bond acceptors (Lipinski definition) is 4. The summed E-state index contributed by atoms with van der Waals surface area (Å²) in [7, 11) is 0. The average Bonchev–Trinajstić information content (AvgIpc) is 2.49. The van der Waals surface area contributed by atoms with E-state index >= 15 is 0 Å². The monoisotopic (exact) mass is 298 g/mol. The van der Waals surface area contributed by atoms with Gasteiger partial charge in [-0.3, -0.25) is 0 Å². The number of aryl methyl sites for hydroxylation is 2. The Hall–Kier alpha value is -2.10. The maximum atomic E-state index is 4.71. The Morgan fingerprint density at radius 3 is 2.32 bits per heavy atom. The van der Waals surface area contributed by atoms with E-state index in [9.17, 15) is 0 Å². The maximum absolute atomic E-state index is 4.71. The third-order valence-electron chi connectivity index (χ3n) is 3.52. The van der Waals surface area contributed by atoms with Gasteiger partial charge in [0, 0.05) is 30.5 Å². The number of anilines is 3. The number of hydrogen-bond donors (Lipinski definition) is 1. The third-order valence-corrected chi connectivity index (χ3v) is 3.52. The van der Waals surface area contributed by atoms with Crippen LogP contribution < -0.4 is 10.2 Å². The Morgan fingerprint density at radius 1 is 1.00 bits per heavy atom. The van der Waals surface area contributed by atoms with Crippen LogP contribution in [-0.4, -0.2) is 23.1 Å². The van der Waals surface area contributed by atoms with Gasteiger partial charge in [-0.2, -0.15) is 4.98 Å². The molecule has 1 aromatic heterocycles. The number of nitrogens with zero attached hydrogens (tertiary/aromatic N) is 3. The summed E-state index contributed by atoms with van der Waals surface area (Å²) < 4.78 is 0. The fourth-order valence-corrected chi connectivity index (χ4v) is 2.46. The molecule has 1 aromatic carbocycles. The fourth-order valence-electron chi connectivity index (χ4n) is 2.46. The highest BCUT2D eigenvalue weighted by Gasteiger charge is 2.10. The molecule has 0 amide bonds. The van der Waals surface area contributed by atoms with E-state index in [1.54, 1.807) is 0 Å². The van der Waals surface area contributed by atoms with Crippen LogP contribution in [0.1, 0.15) is 37.9 Å². The lowest BCUT2D eigenvalue weighted by atomic mass is 10.2. The summed E-state index contributed by atoms with van der Waals surface area (Å²) in [4.78, 5) is 11.6. The normalized spacial score (nSPS) is 10.5. The molecule has 22 heavy (non-hydrogen) atoms. The lowest BCUT2D eigenvalue weighted by Gasteiger charge is -2.22. The molecule has 0 unspecified atom stereocenters. The zero-order chi connectivity index (χ0) is 15.9. The molecule has 0 bridgehead atoms. The zero-order valence-electron chi connectivity index (χ0n) is 14.1. The molecule has 0 atom stereocenters. The van der Waals surface area contributed by atoms with Crippen LogP contribution in [0.2, 0.25) is 0 Å². The van der Waals surface area contributed by atoms with Gasteiger partial charge < -0.3 is 10.2 Å². The Bertz CT molecular complexity index is 604. The molecule has 4 nitrogen and oxygen atoms in total. The van der Waals surface area contributed by atoms with Crippen LogP contribution in [0.25, 0.3) is 0 Å². The van der Waals surface area contributed by atoms with Crippen molar-refractivity contribution < 1.29 is 0 Å². The highest BCUT2D eigenvalue weighted by atomic mass is 15.3. The van der Waals surface area contributed by atoms with Crippen molar-refractivity contribution in [2.24, 2.45) is 0 Å². The number of benzene rings is 1. The van der Waals surface area contributed by atoms with Crippen molar-refractivity contribution in [2.45, 2.75) is 40.5 Å². The first-order valence-electron chi connectivity index (χ1n) is 8.07. The van der Waals surface area contributed by atoms with Crippen molar-refractivity contribution in [1.29, 1.82) is 0 Å². The Morgan fingerprint density at radius 2 is 1.68 bits per heavy atom. The van der Waals surface area contributed by atoms with Gasteiger partial charge in [0.1, 0.15) is 5.82 Å². The molecule has 0 saturated carbocycles. The van der Waals surface area contributed by atoms with E-state index in [0.717, 1.165) is 49.1 Å². The first kappa shape index (κ1) is 16.3. The van der Waals surface area contributed by atoms with E-state index in [-0.39, 0.29) is 0 Å². The van der Waals surface area contributed by atoms with E-state index < -0.39 is 0 Å². The van der Waals surface area contributed by atoms with Crippen LogP contribution in [0, 0.1) is 13.8 Å². The summed E-state index contributed by atoms with van der Waals surface area (Å²) in [6.07, 6.45) is 2.19. The third kappa shape index (κ3) is 4.20. The van der Waals surface area contributed by atoms with Gasteiger partial charge in [-0.05, 0) is 38.3 Å². The molecule has 0 aliphatic heterocycles. The minimum atomic E-state index is 0.819. The molecule has 0 aliphatic carbocycles. The molecule has 2 aromatic rings. The molecule has 0 fully saturated rings. The van der Waals surface area contributed by atoms with Crippen LogP contribution in [0.5, 0.6) is 0 Å². The van der Waals surface area contributed by atoms with Gasteiger partial charge in [0.2, 0.25) is 5.95 Å². The fraction of sp³-hybridized carbons (Fsp3) is 0.444. The number of aromatic nitrogens is 2. The van der Waals surface area contributed by atoms with Crippen LogP contribution in [0.15, 0.2) is 30.3 Å². The molecule has 1 N–H and O–H groups in total. The standard InChI is InChI=1S/C18H26N4/c1-5-11-22(12-6-2)18-19-15(4)13-17(21-18)20-16-10-8-7-9-14(16)3/h7-10,13H,5-6,11-12H2,1-4H3,(H,19,20,21). The molecule has 2 rings (SSSR count). The van der Waals surface area contributed by atoms with E-state index in [1.807, 2.05) is 25.1 Å². The van der Waals surface area contributed by atoms with Crippen LogP contribution >= 0.6 is 0 Å². The lowest BCUT2D eigenvalue weighted by Crippen LogP contribution is -2.27. The summed E-state index contributed by atoms with van der Waals surface area (Å²) in [5.41, 5.74) is 3.28. The summed E-state index contributed by atoms with van der Waals surface area (Å²) in [6, 6.07) is 10.2. The van der Waals surface area contributed by atoms with Crippen molar-refractivity contribution in [3.8, 4) is 0 Å². The van der Waals surface area contributed by atoms with Crippen LogP contribution in [0.4, 0.5) is 17.5 Å². The summed E-state index contributed by atoms with van der Waals surface area (Å²) in [5, 5.41) is 3.41. The second kappa shape index (κ2) is 7.78. The van der Waals surface area contributed by atoms with Crippen molar-refractivity contribution in [3.63, 3.8) is 0 Å². The van der Waals surface area contributed by atoms with Gasteiger partial charge >= 0.3 is 0 Å². The molecule has 0 spiro atoms. The largest absolute Gasteiger partial charge is 0.341 e. The van der Waals surface area contributed by atoms with Gasteiger partial charge in [0.05, 0.1) is 0 Å². The minimum Gasteiger partial charge on any atom is -0.341 e. The van der Waals surface area contributed by atoms with Gasteiger partial charge in [-0.1, -0.05) is 32.0 Å². The highest BCUT2D eigenvalue weighted by molar-refractivity contribution is 5.61. The highest BCUT2D eigenvalue weighted by Crippen LogP contribution is 2.21. The van der Waals surface area contributed by atoms with E-state index in [4.69, 9.17) is 4.98 Å². The predicted molar refractivity (Wildman–Crippen MR) is 94.0 cm³/mol. The Kier molecular flexibility index (Phi) is 5.75. The zero-order valence-corrected chi connectivity index (χ0v) is 14.1. The molecular formula is C18H26N4. The molecule has 4 heteroatoms. The van der Waals surface area contributed by atoms with E-state index in [1.165, 1.54) is 5.56 Å². The van der Waals surface area contributed by atoms with Gasteiger partial charge in [-0.15, -0.1) is 0 Å². The number of rotatable bonds is 7. The minimum absolute atomic E-state index is 0.819. The average molecular weight is 298 g/mol. The SMILES string of the molecule is CCCN(CCC)c1nc(C)cc(Nc2ccccc2C)n1. The summed E-state index contributed by atoms with van der Waals surface area (Å²) >= 11 is 0. The van der Waals surface area contributed by atoms with E-state index in [0.29, 0.717) is 0 Å². The lowest BCUT2D eigenvalue weighted by molar-refractivity contribution is 0.720. The second-order valence-corrected chi connectivity index (χ2v) is 5.62.